The maximum atomic E-state index is 5.03. The molecular formula is C7H10NS2Zn-. The zero-order chi connectivity index (χ0) is 6.97. The van der Waals surface area contributed by atoms with Crippen molar-refractivity contribution < 1.29 is 19.5 Å². The maximum absolute atomic E-state index is 5.03. The van der Waals surface area contributed by atoms with Crippen LogP contribution in [0.2, 0.25) is 0 Å². The summed E-state index contributed by atoms with van der Waals surface area (Å²) in [7, 11) is 0. The summed E-state index contributed by atoms with van der Waals surface area (Å²) in [5.41, 5.74) is 0. The molecule has 1 aliphatic heterocycles. The fourth-order valence-electron chi connectivity index (χ4n) is 1.66. The molecule has 1 heterocycles. The van der Waals surface area contributed by atoms with E-state index in [2.05, 4.69) is 4.99 Å². The van der Waals surface area contributed by atoms with E-state index in [1.54, 1.807) is 0 Å². The van der Waals surface area contributed by atoms with E-state index in [1.165, 1.54) is 25.7 Å². The van der Waals surface area contributed by atoms with Crippen molar-refractivity contribution in [2.75, 3.05) is 0 Å². The van der Waals surface area contributed by atoms with Crippen LogP contribution < -0.4 is 0 Å². The van der Waals surface area contributed by atoms with Gasteiger partial charge in [-0.3, -0.25) is 0 Å². The van der Waals surface area contributed by atoms with Crippen LogP contribution in [0.4, 0.5) is 0 Å². The Morgan fingerprint density at radius 3 is 2.82 bits per heavy atom. The first-order chi connectivity index (χ1) is 4.86. The van der Waals surface area contributed by atoms with E-state index in [4.69, 9.17) is 12.6 Å². The zero-order valence-electron chi connectivity index (χ0n) is 6.45. The molecule has 0 aromatic heterocycles. The average molecular weight is 238 g/mol. The number of thioether (sulfide) groups is 1. The van der Waals surface area contributed by atoms with Crippen molar-refractivity contribution >= 4 is 28.8 Å². The SMILES string of the molecule is [S-]C1=NC2CCCCC2S1.[Zn]. The number of aliphatic imine (C=N–C) groups is 1. The average Bonchev–Trinajstić information content (AvgIpc) is 2.27. The van der Waals surface area contributed by atoms with Crippen molar-refractivity contribution in [1.29, 1.82) is 0 Å². The first-order valence-electron chi connectivity index (χ1n) is 3.78. The van der Waals surface area contributed by atoms with E-state index in [0.717, 1.165) is 9.63 Å². The zero-order valence-corrected chi connectivity index (χ0v) is 11.1. The van der Waals surface area contributed by atoms with Crippen molar-refractivity contribution in [1.82, 2.24) is 0 Å². The molecule has 0 spiro atoms. The maximum Gasteiger partial charge on any atom is 0.0609 e. The second-order valence-corrected chi connectivity index (χ2v) is 4.78. The molecule has 11 heavy (non-hydrogen) atoms. The summed E-state index contributed by atoms with van der Waals surface area (Å²) in [6.45, 7) is 0. The first-order valence-corrected chi connectivity index (χ1v) is 5.06. The third-order valence-corrected chi connectivity index (χ3v) is 3.74. The Morgan fingerprint density at radius 1 is 1.36 bits per heavy atom. The van der Waals surface area contributed by atoms with Gasteiger partial charge in [0.1, 0.15) is 0 Å². The van der Waals surface area contributed by atoms with Crippen LogP contribution in [-0.4, -0.2) is 15.7 Å². The molecule has 1 nitrogen and oxygen atoms in total. The molecule has 0 saturated heterocycles. The molecule has 0 aromatic rings. The Kier molecular flexibility index (Phi) is 3.80. The molecule has 4 heteroatoms. The third kappa shape index (κ3) is 2.16. The standard InChI is InChI=1S/C7H11NS2.Zn/c9-7-8-5-3-1-2-4-6(5)10-7;/h5-6H,1-4H2,(H,8,9);/p-1. The van der Waals surface area contributed by atoms with E-state index < -0.39 is 0 Å². The molecule has 0 aromatic carbocycles. The van der Waals surface area contributed by atoms with E-state index in [9.17, 15) is 0 Å². The van der Waals surface area contributed by atoms with E-state index >= 15 is 0 Å². The van der Waals surface area contributed by atoms with E-state index in [1.807, 2.05) is 11.8 Å². The first kappa shape index (κ1) is 9.95. The van der Waals surface area contributed by atoms with Crippen LogP contribution in [-0.2, 0) is 32.1 Å². The van der Waals surface area contributed by atoms with Crippen molar-refractivity contribution in [3.63, 3.8) is 0 Å². The smallest absolute Gasteiger partial charge is 0.0609 e. The topological polar surface area (TPSA) is 12.4 Å². The molecule has 0 amide bonds. The minimum Gasteiger partial charge on any atom is -0.754 e. The molecule has 1 aliphatic carbocycles. The molecule has 2 rings (SSSR count). The van der Waals surface area contributed by atoms with Gasteiger partial charge in [0.05, 0.1) is 6.04 Å². The number of hydrogen-bond acceptors (Lipinski definition) is 3. The van der Waals surface area contributed by atoms with Gasteiger partial charge in [-0.15, -0.1) is 11.8 Å². The van der Waals surface area contributed by atoms with Crippen molar-refractivity contribution in [2.24, 2.45) is 4.99 Å². The van der Waals surface area contributed by atoms with Gasteiger partial charge in [0.2, 0.25) is 0 Å². The van der Waals surface area contributed by atoms with Crippen molar-refractivity contribution in [3.8, 4) is 0 Å². The number of hydrogen-bond donors (Lipinski definition) is 0. The Labute approximate surface area is 90.0 Å². The van der Waals surface area contributed by atoms with Gasteiger partial charge in [0.25, 0.3) is 0 Å². The fraction of sp³-hybridized carbons (Fsp3) is 0.857. The van der Waals surface area contributed by atoms with Gasteiger partial charge in [-0.1, -0.05) is 17.2 Å². The third-order valence-electron chi connectivity index (χ3n) is 2.19. The summed E-state index contributed by atoms with van der Waals surface area (Å²) in [5.74, 6) is 0. The number of nitrogens with zero attached hydrogens (tertiary/aromatic N) is 1. The second-order valence-electron chi connectivity index (χ2n) is 2.90. The summed E-state index contributed by atoms with van der Waals surface area (Å²) in [5, 5.41) is 0.751. The van der Waals surface area contributed by atoms with E-state index in [0.29, 0.717) is 6.04 Å². The molecule has 0 radical (unpaired) electrons. The molecular weight excluding hydrogens is 228 g/mol. The Balaban J connectivity index is 0.000000605. The van der Waals surface area contributed by atoms with Crippen LogP contribution in [0.3, 0.4) is 0 Å². The van der Waals surface area contributed by atoms with Gasteiger partial charge in [0.15, 0.2) is 0 Å². The minimum absolute atomic E-state index is 0. The van der Waals surface area contributed by atoms with Crippen molar-refractivity contribution in [3.05, 3.63) is 0 Å². The summed E-state index contributed by atoms with van der Waals surface area (Å²) >= 11 is 6.84. The second kappa shape index (κ2) is 4.20. The molecule has 0 bridgehead atoms. The van der Waals surface area contributed by atoms with Crippen LogP contribution in [0.5, 0.6) is 0 Å². The molecule has 2 unspecified atom stereocenters. The Hall–Kier alpha value is 0.863. The molecule has 2 atom stereocenters. The molecule has 1 saturated carbocycles. The monoisotopic (exact) mass is 236 g/mol. The predicted molar refractivity (Wildman–Crippen MR) is 48.4 cm³/mol. The molecule has 1 fully saturated rings. The number of fused-ring (bicyclic) bond motifs is 1. The quantitative estimate of drug-likeness (QED) is 0.472. The molecule has 2 aliphatic rings. The fourth-order valence-corrected chi connectivity index (χ4v) is 3.26. The van der Waals surface area contributed by atoms with Gasteiger partial charge in [0, 0.05) is 24.7 Å². The summed E-state index contributed by atoms with van der Waals surface area (Å²) < 4.78 is 0.900. The van der Waals surface area contributed by atoms with E-state index in [-0.39, 0.29) is 19.5 Å². The largest absolute Gasteiger partial charge is 0.754 e. The van der Waals surface area contributed by atoms with Gasteiger partial charge in [-0.05, 0) is 12.8 Å². The predicted octanol–water partition coefficient (Wildman–Crippen LogP) is 1.94. The van der Waals surface area contributed by atoms with Crippen molar-refractivity contribution in [2.45, 2.75) is 37.0 Å². The normalized spacial score (nSPS) is 35.5. The minimum atomic E-state index is 0. The van der Waals surface area contributed by atoms with Crippen LogP contribution in [0, 0.1) is 0 Å². The van der Waals surface area contributed by atoms with Crippen LogP contribution in [0.1, 0.15) is 25.7 Å². The molecule has 58 valence electrons. The van der Waals surface area contributed by atoms with Crippen LogP contribution in [0.25, 0.3) is 0 Å². The summed E-state index contributed by atoms with van der Waals surface area (Å²) in [6.07, 6.45) is 5.34. The number of rotatable bonds is 0. The summed E-state index contributed by atoms with van der Waals surface area (Å²) in [4.78, 5) is 4.40. The Morgan fingerprint density at radius 2 is 2.09 bits per heavy atom. The molecule has 0 N–H and O–H groups in total. The summed E-state index contributed by atoms with van der Waals surface area (Å²) in [6, 6.07) is 0.589. The van der Waals surface area contributed by atoms with Crippen LogP contribution >= 0.6 is 11.8 Å². The van der Waals surface area contributed by atoms with Crippen LogP contribution in [0.15, 0.2) is 4.99 Å². The van der Waals surface area contributed by atoms with Gasteiger partial charge < -0.3 is 17.6 Å². The Bertz CT molecular complexity index is 172. The van der Waals surface area contributed by atoms with Gasteiger partial charge >= 0.3 is 0 Å². The van der Waals surface area contributed by atoms with Gasteiger partial charge in [-0.25, -0.2) is 0 Å². The van der Waals surface area contributed by atoms with Gasteiger partial charge in [-0.2, -0.15) is 0 Å².